The zero-order valence-electron chi connectivity index (χ0n) is 8.55. The molecule has 0 aromatic heterocycles. The molecule has 1 aliphatic rings. The molecule has 1 rings (SSSR count). The molecule has 0 aromatic rings. The lowest BCUT2D eigenvalue weighted by Gasteiger charge is -2.41. The number of piperazine rings is 1. The second-order valence-corrected chi connectivity index (χ2v) is 4.47. The maximum Gasteiger partial charge on any atom is 0.0167 e. The summed E-state index contributed by atoms with van der Waals surface area (Å²) in [5, 5.41) is 3.44. The van der Waals surface area contributed by atoms with Crippen molar-refractivity contribution >= 4 is 12.4 Å². The maximum atomic E-state index is 3.44. The van der Waals surface area contributed by atoms with E-state index in [9.17, 15) is 0 Å². The number of rotatable bonds is 0. The number of hydrogen-bond donors (Lipinski definition) is 1. The second kappa shape index (κ2) is 4.45. The standard InChI is InChI=1S/C9H20N2.ClH/c1-8-7-11(6-5-10-8)9(2,3)4;/h8,10H,5-7H2,1-4H3;1H/t8-;/m0./s1. The van der Waals surface area contributed by atoms with Crippen molar-refractivity contribution in [2.75, 3.05) is 19.6 Å². The summed E-state index contributed by atoms with van der Waals surface area (Å²) in [5.74, 6) is 0. The third-order valence-corrected chi connectivity index (χ3v) is 2.32. The van der Waals surface area contributed by atoms with Gasteiger partial charge in [-0.3, -0.25) is 4.90 Å². The van der Waals surface area contributed by atoms with Gasteiger partial charge in [0.15, 0.2) is 0 Å². The quantitative estimate of drug-likeness (QED) is 0.626. The Kier molecular flexibility index (Phi) is 4.53. The molecule has 0 aliphatic carbocycles. The molecule has 1 N–H and O–H groups in total. The molecule has 2 nitrogen and oxygen atoms in total. The summed E-state index contributed by atoms with van der Waals surface area (Å²) in [5.41, 5.74) is 0.344. The largest absolute Gasteiger partial charge is 0.312 e. The average molecular weight is 193 g/mol. The Balaban J connectivity index is 0.00000121. The number of nitrogens with one attached hydrogen (secondary N) is 1. The molecule has 0 aromatic carbocycles. The fourth-order valence-electron chi connectivity index (χ4n) is 1.54. The van der Waals surface area contributed by atoms with E-state index in [4.69, 9.17) is 0 Å². The van der Waals surface area contributed by atoms with Gasteiger partial charge in [0.25, 0.3) is 0 Å². The van der Waals surface area contributed by atoms with Crippen LogP contribution in [0.15, 0.2) is 0 Å². The minimum Gasteiger partial charge on any atom is -0.312 e. The van der Waals surface area contributed by atoms with E-state index in [1.807, 2.05) is 0 Å². The summed E-state index contributed by atoms with van der Waals surface area (Å²) in [4.78, 5) is 2.54. The Morgan fingerprint density at radius 3 is 2.25 bits per heavy atom. The Hall–Kier alpha value is 0.210. The van der Waals surface area contributed by atoms with E-state index in [1.165, 1.54) is 13.1 Å². The lowest BCUT2D eigenvalue weighted by atomic mass is 10.0. The van der Waals surface area contributed by atoms with Gasteiger partial charge < -0.3 is 5.32 Å². The highest BCUT2D eigenvalue weighted by Gasteiger charge is 2.25. The fraction of sp³-hybridized carbons (Fsp3) is 1.00. The van der Waals surface area contributed by atoms with Gasteiger partial charge in [-0.05, 0) is 27.7 Å². The molecule has 0 bridgehead atoms. The molecule has 1 saturated heterocycles. The van der Waals surface area contributed by atoms with E-state index in [1.54, 1.807) is 0 Å². The smallest absolute Gasteiger partial charge is 0.0167 e. The molecule has 0 saturated carbocycles. The summed E-state index contributed by atoms with van der Waals surface area (Å²) in [6, 6.07) is 0.656. The van der Waals surface area contributed by atoms with Crippen molar-refractivity contribution in [1.29, 1.82) is 0 Å². The van der Waals surface area contributed by atoms with Gasteiger partial charge in [0.2, 0.25) is 0 Å². The van der Waals surface area contributed by atoms with Crippen molar-refractivity contribution in [2.24, 2.45) is 0 Å². The van der Waals surface area contributed by atoms with E-state index < -0.39 is 0 Å². The third kappa shape index (κ3) is 3.30. The third-order valence-electron chi connectivity index (χ3n) is 2.32. The molecule has 0 amide bonds. The molecule has 74 valence electrons. The van der Waals surface area contributed by atoms with Crippen molar-refractivity contribution in [3.63, 3.8) is 0 Å². The second-order valence-electron chi connectivity index (χ2n) is 4.47. The zero-order chi connectivity index (χ0) is 8.48. The molecule has 3 heteroatoms. The van der Waals surface area contributed by atoms with Gasteiger partial charge in [-0.2, -0.15) is 0 Å². The lowest BCUT2D eigenvalue weighted by molar-refractivity contribution is 0.0998. The monoisotopic (exact) mass is 192 g/mol. The molecule has 0 spiro atoms. The summed E-state index contributed by atoms with van der Waals surface area (Å²) >= 11 is 0. The number of halogens is 1. The van der Waals surface area contributed by atoms with Crippen LogP contribution in [0.5, 0.6) is 0 Å². The highest BCUT2D eigenvalue weighted by Crippen LogP contribution is 2.14. The van der Waals surface area contributed by atoms with Gasteiger partial charge in [-0.1, -0.05) is 0 Å². The summed E-state index contributed by atoms with van der Waals surface area (Å²) < 4.78 is 0. The summed E-state index contributed by atoms with van der Waals surface area (Å²) in [6.45, 7) is 12.6. The van der Waals surface area contributed by atoms with E-state index in [0.29, 0.717) is 11.6 Å². The average Bonchev–Trinajstić information content (AvgIpc) is 1.86. The minimum atomic E-state index is 0. The Morgan fingerprint density at radius 2 is 1.92 bits per heavy atom. The van der Waals surface area contributed by atoms with Crippen molar-refractivity contribution < 1.29 is 0 Å². The van der Waals surface area contributed by atoms with Gasteiger partial charge in [0.05, 0.1) is 0 Å². The first-order valence-corrected chi connectivity index (χ1v) is 4.48. The summed E-state index contributed by atoms with van der Waals surface area (Å²) in [6.07, 6.45) is 0. The van der Waals surface area contributed by atoms with E-state index in [2.05, 4.69) is 37.9 Å². The van der Waals surface area contributed by atoms with Gasteiger partial charge in [0, 0.05) is 31.2 Å². The van der Waals surface area contributed by atoms with Crippen LogP contribution in [-0.4, -0.2) is 36.1 Å². The molecule has 1 aliphatic heterocycles. The van der Waals surface area contributed by atoms with Gasteiger partial charge in [-0.15, -0.1) is 12.4 Å². The van der Waals surface area contributed by atoms with Gasteiger partial charge >= 0.3 is 0 Å². The van der Waals surface area contributed by atoms with Crippen LogP contribution in [0, 0.1) is 0 Å². The Morgan fingerprint density at radius 1 is 1.33 bits per heavy atom. The first-order chi connectivity index (χ1) is 5.00. The van der Waals surface area contributed by atoms with E-state index in [0.717, 1.165) is 6.54 Å². The SMILES string of the molecule is C[C@H]1CN(C(C)(C)C)CCN1.Cl. The van der Waals surface area contributed by atoms with Crippen molar-refractivity contribution in [1.82, 2.24) is 10.2 Å². The molecular weight excluding hydrogens is 172 g/mol. The first kappa shape index (κ1) is 12.2. The van der Waals surface area contributed by atoms with Crippen LogP contribution in [-0.2, 0) is 0 Å². The Labute approximate surface area is 82.1 Å². The first-order valence-electron chi connectivity index (χ1n) is 4.48. The predicted octanol–water partition coefficient (Wildman–Crippen LogP) is 1.50. The van der Waals surface area contributed by atoms with E-state index in [-0.39, 0.29) is 12.4 Å². The summed E-state index contributed by atoms with van der Waals surface area (Å²) in [7, 11) is 0. The van der Waals surface area contributed by atoms with E-state index >= 15 is 0 Å². The van der Waals surface area contributed by atoms with Crippen LogP contribution >= 0.6 is 12.4 Å². The molecular formula is C9H21ClN2. The van der Waals surface area contributed by atoms with Crippen LogP contribution in [0.4, 0.5) is 0 Å². The zero-order valence-corrected chi connectivity index (χ0v) is 9.37. The molecule has 0 radical (unpaired) electrons. The van der Waals surface area contributed by atoms with Crippen LogP contribution in [0.25, 0.3) is 0 Å². The molecule has 12 heavy (non-hydrogen) atoms. The fourth-order valence-corrected chi connectivity index (χ4v) is 1.54. The van der Waals surface area contributed by atoms with Crippen LogP contribution in [0.3, 0.4) is 0 Å². The van der Waals surface area contributed by atoms with Gasteiger partial charge in [-0.25, -0.2) is 0 Å². The Bertz CT molecular complexity index is 131. The normalized spacial score (nSPS) is 26.5. The van der Waals surface area contributed by atoms with Crippen molar-refractivity contribution in [2.45, 2.75) is 39.3 Å². The van der Waals surface area contributed by atoms with Crippen LogP contribution < -0.4 is 5.32 Å². The highest BCUT2D eigenvalue weighted by atomic mass is 35.5. The molecule has 1 heterocycles. The number of nitrogens with zero attached hydrogens (tertiary/aromatic N) is 1. The maximum absolute atomic E-state index is 3.44. The highest BCUT2D eigenvalue weighted by molar-refractivity contribution is 5.85. The molecule has 0 unspecified atom stereocenters. The minimum absolute atomic E-state index is 0. The topological polar surface area (TPSA) is 15.3 Å². The van der Waals surface area contributed by atoms with Crippen LogP contribution in [0.2, 0.25) is 0 Å². The van der Waals surface area contributed by atoms with Gasteiger partial charge in [0.1, 0.15) is 0 Å². The molecule has 1 fully saturated rings. The van der Waals surface area contributed by atoms with Crippen LogP contribution in [0.1, 0.15) is 27.7 Å². The lowest BCUT2D eigenvalue weighted by Crippen LogP contribution is -2.55. The number of hydrogen-bond acceptors (Lipinski definition) is 2. The van der Waals surface area contributed by atoms with Crippen molar-refractivity contribution in [3.05, 3.63) is 0 Å². The predicted molar refractivity (Wildman–Crippen MR) is 56.0 cm³/mol. The molecule has 1 atom stereocenters. The van der Waals surface area contributed by atoms with Crippen molar-refractivity contribution in [3.8, 4) is 0 Å².